The summed E-state index contributed by atoms with van der Waals surface area (Å²) < 4.78 is 6.73. The quantitative estimate of drug-likeness (QED) is 0.787. The number of ether oxygens (including phenoxy) is 1. The molecule has 0 amide bonds. The zero-order valence-electron chi connectivity index (χ0n) is 10.9. The van der Waals surface area contributed by atoms with Gasteiger partial charge in [-0.2, -0.15) is 0 Å². The average Bonchev–Trinajstić information content (AvgIpc) is 3.17. The van der Waals surface area contributed by atoms with Crippen molar-refractivity contribution >= 4 is 21.6 Å². The van der Waals surface area contributed by atoms with E-state index in [2.05, 4.69) is 46.1 Å². The van der Waals surface area contributed by atoms with E-state index in [1.165, 1.54) is 18.5 Å². The second-order valence-electron chi connectivity index (χ2n) is 4.96. The molecule has 0 saturated heterocycles. The maximum absolute atomic E-state index is 5.69. The van der Waals surface area contributed by atoms with E-state index in [9.17, 15) is 0 Å². The van der Waals surface area contributed by atoms with E-state index in [-0.39, 0.29) is 0 Å². The summed E-state index contributed by atoms with van der Waals surface area (Å²) in [5.41, 5.74) is 8.01. The molecule has 0 radical (unpaired) electrons. The smallest absolute Gasteiger partial charge is 0.0641 e. The molecule has 100 valence electrons. The topological polar surface area (TPSA) is 38.5 Å². The fourth-order valence-electron chi connectivity index (χ4n) is 1.84. The molecule has 1 fully saturated rings. The van der Waals surface area contributed by atoms with Crippen molar-refractivity contribution in [2.24, 2.45) is 11.7 Å². The van der Waals surface area contributed by atoms with Crippen molar-refractivity contribution in [2.75, 3.05) is 31.7 Å². The molecule has 1 aliphatic carbocycles. The molecule has 1 aromatic carbocycles. The molecule has 0 aromatic heterocycles. The van der Waals surface area contributed by atoms with Gasteiger partial charge in [-0.15, -0.1) is 0 Å². The van der Waals surface area contributed by atoms with Gasteiger partial charge in [-0.3, -0.25) is 0 Å². The number of likely N-dealkylation sites (N-methyl/N-ethyl adjacent to an activating group) is 1. The van der Waals surface area contributed by atoms with Gasteiger partial charge in [-0.05, 0) is 42.5 Å². The van der Waals surface area contributed by atoms with Gasteiger partial charge < -0.3 is 15.4 Å². The van der Waals surface area contributed by atoms with Gasteiger partial charge in [0.05, 0.1) is 6.61 Å². The molecule has 0 unspecified atom stereocenters. The van der Waals surface area contributed by atoms with Crippen molar-refractivity contribution in [2.45, 2.75) is 19.4 Å². The Balaban J connectivity index is 1.82. The summed E-state index contributed by atoms with van der Waals surface area (Å²) in [7, 11) is 2.09. The number of hydrogen-bond acceptors (Lipinski definition) is 3. The van der Waals surface area contributed by atoms with Crippen LogP contribution in [-0.4, -0.2) is 26.8 Å². The Bertz CT molecular complexity index is 393. The number of nitrogens with two attached hydrogens (primary N) is 1. The van der Waals surface area contributed by atoms with Gasteiger partial charge in [0.25, 0.3) is 0 Å². The number of halogens is 1. The van der Waals surface area contributed by atoms with Gasteiger partial charge in [-0.1, -0.05) is 15.9 Å². The monoisotopic (exact) mass is 312 g/mol. The molecular formula is C14H21BrN2O. The third-order valence-corrected chi connectivity index (χ3v) is 3.70. The van der Waals surface area contributed by atoms with Gasteiger partial charge in [-0.25, -0.2) is 0 Å². The predicted molar refractivity (Wildman–Crippen MR) is 78.8 cm³/mol. The predicted octanol–water partition coefficient (Wildman–Crippen LogP) is 2.77. The SMILES string of the molecule is CN(CCOCC1CC1)c1cc(Br)cc(CN)c1. The molecule has 0 aliphatic heterocycles. The van der Waals surface area contributed by atoms with E-state index in [0.717, 1.165) is 35.7 Å². The summed E-state index contributed by atoms with van der Waals surface area (Å²) in [6.45, 7) is 3.20. The van der Waals surface area contributed by atoms with E-state index in [0.29, 0.717) is 6.54 Å². The van der Waals surface area contributed by atoms with Gasteiger partial charge in [0.15, 0.2) is 0 Å². The lowest BCUT2D eigenvalue weighted by Gasteiger charge is -2.20. The number of rotatable bonds is 7. The van der Waals surface area contributed by atoms with Crippen molar-refractivity contribution in [3.05, 3.63) is 28.2 Å². The van der Waals surface area contributed by atoms with Crippen LogP contribution in [0.4, 0.5) is 5.69 Å². The van der Waals surface area contributed by atoms with Crippen LogP contribution in [0.1, 0.15) is 18.4 Å². The largest absolute Gasteiger partial charge is 0.379 e. The van der Waals surface area contributed by atoms with Crippen molar-refractivity contribution < 1.29 is 4.74 Å². The van der Waals surface area contributed by atoms with Crippen molar-refractivity contribution in [3.8, 4) is 0 Å². The summed E-state index contributed by atoms with van der Waals surface area (Å²) in [4.78, 5) is 2.21. The number of hydrogen-bond donors (Lipinski definition) is 1. The van der Waals surface area contributed by atoms with E-state index in [4.69, 9.17) is 10.5 Å². The van der Waals surface area contributed by atoms with E-state index >= 15 is 0 Å². The molecule has 1 aliphatic rings. The zero-order chi connectivity index (χ0) is 13.0. The maximum Gasteiger partial charge on any atom is 0.0641 e. The summed E-state index contributed by atoms with van der Waals surface area (Å²) in [5, 5.41) is 0. The van der Waals surface area contributed by atoms with Crippen LogP contribution in [0.3, 0.4) is 0 Å². The van der Waals surface area contributed by atoms with Crippen LogP contribution in [0.2, 0.25) is 0 Å². The molecule has 1 aromatic rings. The molecule has 2 rings (SSSR count). The summed E-state index contributed by atoms with van der Waals surface area (Å²) in [6.07, 6.45) is 2.70. The van der Waals surface area contributed by atoms with E-state index in [1.54, 1.807) is 0 Å². The molecule has 2 N–H and O–H groups in total. The number of anilines is 1. The molecule has 0 atom stereocenters. The Kier molecular flexibility index (Phi) is 5.03. The van der Waals surface area contributed by atoms with Crippen LogP contribution in [0.25, 0.3) is 0 Å². The Morgan fingerprint density at radius 3 is 2.83 bits per heavy atom. The minimum absolute atomic E-state index is 0.568. The zero-order valence-corrected chi connectivity index (χ0v) is 12.4. The van der Waals surface area contributed by atoms with Gasteiger partial charge in [0, 0.05) is 36.9 Å². The minimum Gasteiger partial charge on any atom is -0.379 e. The highest BCUT2D eigenvalue weighted by molar-refractivity contribution is 9.10. The fourth-order valence-corrected chi connectivity index (χ4v) is 2.37. The standard InChI is InChI=1S/C14H21BrN2O/c1-17(4-5-18-10-11-2-3-11)14-7-12(9-16)6-13(15)8-14/h6-8,11H,2-5,9-10,16H2,1H3. The summed E-state index contributed by atoms with van der Waals surface area (Å²) in [6, 6.07) is 6.30. The van der Waals surface area contributed by atoms with Crippen LogP contribution < -0.4 is 10.6 Å². The maximum atomic E-state index is 5.69. The third-order valence-electron chi connectivity index (χ3n) is 3.24. The first-order chi connectivity index (χ1) is 8.69. The minimum atomic E-state index is 0.568. The lowest BCUT2D eigenvalue weighted by Crippen LogP contribution is -2.23. The molecule has 0 heterocycles. The van der Waals surface area contributed by atoms with Crippen LogP contribution in [0, 0.1) is 5.92 Å². The second kappa shape index (κ2) is 6.55. The van der Waals surface area contributed by atoms with Crippen LogP contribution in [-0.2, 0) is 11.3 Å². The molecule has 0 bridgehead atoms. The van der Waals surface area contributed by atoms with Crippen molar-refractivity contribution in [1.82, 2.24) is 0 Å². The Morgan fingerprint density at radius 1 is 1.39 bits per heavy atom. The van der Waals surface area contributed by atoms with E-state index in [1.807, 2.05) is 0 Å². The van der Waals surface area contributed by atoms with Crippen LogP contribution in [0.5, 0.6) is 0 Å². The Labute approximate surface area is 117 Å². The third kappa shape index (κ3) is 4.26. The average molecular weight is 313 g/mol. The lowest BCUT2D eigenvalue weighted by molar-refractivity contribution is 0.131. The van der Waals surface area contributed by atoms with Gasteiger partial charge >= 0.3 is 0 Å². The van der Waals surface area contributed by atoms with Crippen molar-refractivity contribution in [3.63, 3.8) is 0 Å². The molecule has 18 heavy (non-hydrogen) atoms. The van der Waals surface area contributed by atoms with Crippen LogP contribution in [0.15, 0.2) is 22.7 Å². The first-order valence-electron chi connectivity index (χ1n) is 6.47. The molecule has 4 heteroatoms. The van der Waals surface area contributed by atoms with E-state index < -0.39 is 0 Å². The normalized spacial score (nSPS) is 14.8. The Hall–Kier alpha value is -0.580. The first kappa shape index (κ1) is 13.8. The highest BCUT2D eigenvalue weighted by Gasteiger charge is 2.20. The number of nitrogens with zero attached hydrogens (tertiary/aromatic N) is 1. The summed E-state index contributed by atoms with van der Waals surface area (Å²) in [5.74, 6) is 0.838. The highest BCUT2D eigenvalue weighted by atomic mass is 79.9. The molecular weight excluding hydrogens is 292 g/mol. The fraction of sp³-hybridized carbons (Fsp3) is 0.571. The van der Waals surface area contributed by atoms with Gasteiger partial charge in [0.1, 0.15) is 0 Å². The van der Waals surface area contributed by atoms with Crippen LogP contribution >= 0.6 is 15.9 Å². The molecule has 1 saturated carbocycles. The van der Waals surface area contributed by atoms with Gasteiger partial charge in [0.2, 0.25) is 0 Å². The molecule has 0 spiro atoms. The summed E-state index contributed by atoms with van der Waals surface area (Å²) >= 11 is 3.52. The molecule has 3 nitrogen and oxygen atoms in total. The lowest BCUT2D eigenvalue weighted by atomic mass is 10.2. The number of benzene rings is 1. The first-order valence-corrected chi connectivity index (χ1v) is 7.26. The van der Waals surface area contributed by atoms with Crippen molar-refractivity contribution in [1.29, 1.82) is 0 Å². The Morgan fingerprint density at radius 2 is 2.17 bits per heavy atom. The second-order valence-corrected chi connectivity index (χ2v) is 5.88. The highest BCUT2D eigenvalue weighted by Crippen LogP contribution is 2.28.